The molecule has 1 N–H and O–H groups in total. The molecule has 1 nitrogen and oxygen atoms in total. The fraction of sp³-hybridized carbons (Fsp3) is 0.500. The molecular weight excluding hydrogens is 337 g/mol. The molecule has 0 spiro atoms. The Labute approximate surface area is 132 Å². The zero-order valence-corrected chi connectivity index (χ0v) is 13.3. The van der Waals surface area contributed by atoms with E-state index in [4.69, 9.17) is 63.1 Å². The first-order valence-corrected chi connectivity index (χ1v) is 7.33. The summed E-state index contributed by atoms with van der Waals surface area (Å²) in [6, 6.07) is 7.30. The molecule has 18 heavy (non-hydrogen) atoms. The molecule has 0 bridgehead atoms. The van der Waals surface area contributed by atoms with E-state index < -0.39 is 8.13 Å². The van der Waals surface area contributed by atoms with Crippen molar-refractivity contribution in [2.75, 3.05) is 6.61 Å². The largest absolute Gasteiger partial charge is 0.396 e. The van der Waals surface area contributed by atoms with E-state index in [0.29, 0.717) is 5.56 Å². The molecule has 0 radical (unpaired) electrons. The van der Waals surface area contributed by atoms with Gasteiger partial charge in [-0.05, 0) is 30.4 Å². The molecule has 0 amide bonds. The van der Waals surface area contributed by atoms with E-state index in [-0.39, 0.29) is 6.61 Å². The zero-order chi connectivity index (χ0) is 13.8. The molecule has 0 fully saturated rings. The van der Waals surface area contributed by atoms with Crippen molar-refractivity contribution in [3.8, 4) is 0 Å². The summed E-state index contributed by atoms with van der Waals surface area (Å²) in [6.45, 7) is 0.183. The summed E-state index contributed by atoms with van der Waals surface area (Å²) >= 11 is 29.5. The van der Waals surface area contributed by atoms with Crippen LogP contribution in [0, 0.1) is 0 Å². The number of aliphatic hydroxyl groups is 1. The second kappa shape index (κ2) is 6.88. The van der Waals surface area contributed by atoms with Gasteiger partial charge in [0.05, 0.1) is 0 Å². The number of alkyl halides is 5. The summed E-state index contributed by atoms with van der Waals surface area (Å²) in [5.41, 5.74) is 1.59. The van der Waals surface area contributed by atoms with Gasteiger partial charge in [0.15, 0.2) is 4.33 Å². The summed E-state index contributed by atoms with van der Waals surface area (Å²) in [6.07, 6.45) is 2.45. The number of benzene rings is 1. The molecule has 0 heterocycles. The number of hydrogen-bond acceptors (Lipinski definition) is 1. The van der Waals surface area contributed by atoms with Crippen molar-refractivity contribution in [2.24, 2.45) is 0 Å². The lowest BCUT2D eigenvalue weighted by atomic mass is 10.0. The van der Waals surface area contributed by atoms with Crippen molar-refractivity contribution in [1.82, 2.24) is 0 Å². The number of unbranched alkanes of at least 4 members (excludes halogenated alkanes) is 1. The van der Waals surface area contributed by atoms with E-state index in [0.717, 1.165) is 24.8 Å². The second-order valence-electron chi connectivity index (χ2n) is 3.95. The lowest BCUT2D eigenvalue weighted by Crippen LogP contribution is -2.28. The number of hydrogen-bond donors (Lipinski definition) is 1. The molecule has 6 heteroatoms. The molecule has 0 unspecified atom stereocenters. The molecule has 1 aromatic carbocycles. The van der Waals surface area contributed by atoms with E-state index in [1.807, 2.05) is 18.2 Å². The van der Waals surface area contributed by atoms with Crippen LogP contribution in [0.15, 0.2) is 24.3 Å². The van der Waals surface area contributed by atoms with Crippen molar-refractivity contribution in [2.45, 2.75) is 27.4 Å². The van der Waals surface area contributed by atoms with Crippen LogP contribution in [-0.2, 0) is 10.8 Å². The number of rotatable bonds is 5. The van der Waals surface area contributed by atoms with Gasteiger partial charge in [0.2, 0.25) is 3.79 Å². The van der Waals surface area contributed by atoms with Crippen LogP contribution in [0.3, 0.4) is 0 Å². The first-order valence-electron chi connectivity index (χ1n) is 5.44. The smallest absolute Gasteiger partial charge is 0.227 e. The Balaban J connectivity index is 2.88. The summed E-state index contributed by atoms with van der Waals surface area (Å²) in [4.78, 5) is 0. The lowest BCUT2D eigenvalue weighted by molar-refractivity contribution is 0.284. The SMILES string of the molecule is OCCCCc1cccc(C(Cl)(Cl)C(Cl)(Cl)Cl)c1. The Hall–Kier alpha value is 0.630. The number of halogens is 5. The monoisotopic (exact) mass is 348 g/mol. The van der Waals surface area contributed by atoms with Gasteiger partial charge in [-0.3, -0.25) is 0 Å². The van der Waals surface area contributed by atoms with Crippen molar-refractivity contribution in [3.05, 3.63) is 35.4 Å². The first kappa shape index (κ1) is 16.7. The fourth-order valence-electron chi connectivity index (χ4n) is 1.53. The molecule has 102 valence electrons. The molecule has 0 saturated carbocycles. The standard InChI is InChI=1S/C12H13Cl5O/c13-11(14,12(15,16)17)10-6-3-5-9(8-10)4-1-2-7-18/h3,5-6,8,18H,1-2,4,7H2. The van der Waals surface area contributed by atoms with Crippen LogP contribution in [0.1, 0.15) is 24.0 Å². The van der Waals surface area contributed by atoms with Gasteiger partial charge in [-0.2, -0.15) is 0 Å². The predicted octanol–water partition coefficient (Wildman–Crippen LogP) is 5.00. The molecule has 0 aromatic heterocycles. The number of aryl methyl sites for hydroxylation is 1. The molecule has 1 rings (SSSR count). The quantitative estimate of drug-likeness (QED) is 0.585. The Morgan fingerprint density at radius 1 is 1.00 bits per heavy atom. The zero-order valence-electron chi connectivity index (χ0n) is 9.47. The highest BCUT2D eigenvalue weighted by Gasteiger charge is 2.47. The third-order valence-corrected chi connectivity index (χ3v) is 4.95. The minimum absolute atomic E-state index is 0.183. The van der Waals surface area contributed by atoms with Gasteiger partial charge in [0.1, 0.15) is 0 Å². The molecule has 0 aliphatic heterocycles. The third-order valence-electron chi connectivity index (χ3n) is 2.52. The minimum Gasteiger partial charge on any atom is -0.396 e. The Morgan fingerprint density at radius 2 is 1.67 bits per heavy atom. The van der Waals surface area contributed by atoms with Gasteiger partial charge in [-0.15, -0.1) is 0 Å². The van der Waals surface area contributed by atoms with Gasteiger partial charge >= 0.3 is 0 Å². The van der Waals surface area contributed by atoms with E-state index in [2.05, 4.69) is 0 Å². The topological polar surface area (TPSA) is 20.2 Å². The van der Waals surface area contributed by atoms with Crippen molar-refractivity contribution >= 4 is 58.0 Å². The molecule has 0 aliphatic carbocycles. The molecule has 0 saturated heterocycles. The van der Waals surface area contributed by atoms with Gasteiger partial charge in [-0.1, -0.05) is 82.3 Å². The van der Waals surface area contributed by atoms with Crippen LogP contribution in [-0.4, -0.2) is 15.5 Å². The lowest BCUT2D eigenvalue weighted by Gasteiger charge is -2.28. The van der Waals surface area contributed by atoms with Gasteiger partial charge in [0.25, 0.3) is 0 Å². The average molecular weight is 350 g/mol. The van der Waals surface area contributed by atoms with Gasteiger partial charge < -0.3 is 5.11 Å². The van der Waals surface area contributed by atoms with E-state index in [9.17, 15) is 0 Å². The van der Waals surface area contributed by atoms with Crippen molar-refractivity contribution < 1.29 is 5.11 Å². The molecule has 1 aromatic rings. The Morgan fingerprint density at radius 3 is 2.22 bits per heavy atom. The van der Waals surface area contributed by atoms with Crippen molar-refractivity contribution in [1.29, 1.82) is 0 Å². The highest BCUT2D eigenvalue weighted by Crippen LogP contribution is 2.52. The van der Waals surface area contributed by atoms with Crippen LogP contribution in [0.25, 0.3) is 0 Å². The van der Waals surface area contributed by atoms with Crippen LogP contribution in [0.5, 0.6) is 0 Å². The third kappa shape index (κ3) is 4.33. The van der Waals surface area contributed by atoms with Crippen LogP contribution in [0.4, 0.5) is 0 Å². The summed E-state index contributed by atoms with van der Waals surface area (Å²) < 4.78 is -3.40. The Bertz CT molecular complexity index is 386. The molecule has 0 atom stereocenters. The van der Waals surface area contributed by atoms with E-state index in [1.165, 1.54) is 0 Å². The minimum atomic E-state index is -1.81. The second-order valence-corrected chi connectivity index (χ2v) is 7.56. The normalized spacial score (nSPS) is 12.8. The summed E-state index contributed by atoms with van der Waals surface area (Å²) in [7, 11) is 0. The Kier molecular flexibility index (Phi) is 6.37. The number of aliphatic hydroxyl groups excluding tert-OH is 1. The maximum absolute atomic E-state index is 8.74. The van der Waals surface area contributed by atoms with Crippen molar-refractivity contribution in [3.63, 3.8) is 0 Å². The highest BCUT2D eigenvalue weighted by atomic mass is 35.6. The summed E-state index contributed by atoms with van der Waals surface area (Å²) in [5.74, 6) is 0. The molecular formula is C12H13Cl5O. The van der Waals surface area contributed by atoms with Crippen LogP contribution in [0.2, 0.25) is 0 Å². The highest BCUT2D eigenvalue weighted by molar-refractivity contribution is 6.75. The van der Waals surface area contributed by atoms with E-state index >= 15 is 0 Å². The maximum atomic E-state index is 8.74. The predicted molar refractivity (Wildman–Crippen MR) is 80.1 cm³/mol. The summed E-state index contributed by atoms with van der Waals surface area (Å²) in [5, 5.41) is 8.74. The first-order chi connectivity index (χ1) is 8.29. The van der Waals surface area contributed by atoms with Gasteiger partial charge in [0, 0.05) is 6.61 Å². The maximum Gasteiger partial charge on any atom is 0.227 e. The van der Waals surface area contributed by atoms with Crippen LogP contribution < -0.4 is 0 Å². The fourth-order valence-corrected chi connectivity index (χ4v) is 2.09. The van der Waals surface area contributed by atoms with Gasteiger partial charge in [-0.25, -0.2) is 0 Å². The average Bonchev–Trinajstić information content (AvgIpc) is 2.28. The van der Waals surface area contributed by atoms with Crippen LogP contribution >= 0.6 is 58.0 Å². The van der Waals surface area contributed by atoms with E-state index in [1.54, 1.807) is 6.07 Å². The molecule has 0 aliphatic rings.